The molecule has 0 saturated heterocycles. The summed E-state index contributed by atoms with van der Waals surface area (Å²) in [5.41, 5.74) is 2.85. The van der Waals surface area contributed by atoms with Crippen LogP contribution in [0.25, 0.3) is 0 Å². The van der Waals surface area contributed by atoms with Gasteiger partial charge in [0.15, 0.2) is 5.78 Å². The van der Waals surface area contributed by atoms with Gasteiger partial charge in [0.1, 0.15) is 0 Å². The maximum absolute atomic E-state index is 12.4. The van der Waals surface area contributed by atoms with Crippen LogP contribution in [0.4, 0.5) is 0 Å². The van der Waals surface area contributed by atoms with E-state index in [4.69, 9.17) is 5.11 Å². The number of likely N-dealkylation sites (N-methyl/N-ethyl adjacent to an activating group) is 1. The Morgan fingerprint density at radius 2 is 1.95 bits per heavy atom. The third-order valence-electron chi connectivity index (χ3n) is 3.21. The molecule has 1 unspecified atom stereocenters. The predicted molar refractivity (Wildman–Crippen MR) is 74.6 cm³/mol. The molecule has 0 aliphatic carbocycles. The van der Waals surface area contributed by atoms with Gasteiger partial charge in [-0.2, -0.15) is 0 Å². The molecule has 4 nitrogen and oxygen atoms in total. The van der Waals surface area contributed by atoms with Crippen molar-refractivity contribution >= 4 is 11.8 Å². The second kappa shape index (κ2) is 7.04. The second-order valence-electron chi connectivity index (χ2n) is 4.71. The number of ketones is 1. The minimum Gasteiger partial charge on any atom is -0.481 e. The molecule has 0 saturated carbocycles. The van der Waals surface area contributed by atoms with Crippen LogP contribution >= 0.6 is 0 Å². The Morgan fingerprint density at radius 3 is 2.47 bits per heavy atom. The number of carboxylic acid groups (broad SMARTS) is 1. The first-order chi connectivity index (χ1) is 8.95. The highest BCUT2D eigenvalue weighted by atomic mass is 16.4. The van der Waals surface area contributed by atoms with E-state index in [-0.39, 0.29) is 12.2 Å². The first-order valence-electron chi connectivity index (χ1n) is 6.52. The first kappa shape index (κ1) is 15.4. The van der Waals surface area contributed by atoms with Gasteiger partial charge < -0.3 is 10.4 Å². The molecular weight excluding hydrogens is 242 g/mol. The number of nitrogens with one attached hydrogen (secondary N) is 1. The van der Waals surface area contributed by atoms with E-state index in [1.165, 1.54) is 0 Å². The van der Waals surface area contributed by atoms with Crippen LogP contribution in [-0.4, -0.2) is 29.4 Å². The number of hydrogen-bond acceptors (Lipinski definition) is 3. The number of aliphatic carboxylic acids is 1. The van der Waals surface area contributed by atoms with Gasteiger partial charge in [0.2, 0.25) is 0 Å². The molecule has 0 aliphatic rings. The molecule has 0 fully saturated rings. The van der Waals surface area contributed by atoms with Crippen molar-refractivity contribution in [3.63, 3.8) is 0 Å². The zero-order valence-electron chi connectivity index (χ0n) is 11.7. The molecule has 1 rings (SSSR count). The Bertz CT molecular complexity index is 468. The fourth-order valence-electron chi connectivity index (χ4n) is 1.94. The monoisotopic (exact) mass is 263 g/mol. The summed E-state index contributed by atoms with van der Waals surface area (Å²) in [7, 11) is 0. The molecule has 0 amide bonds. The maximum atomic E-state index is 12.4. The molecule has 0 bridgehead atoms. The number of carbonyl (C=O) groups excluding carboxylic acids is 1. The van der Waals surface area contributed by atoms with Crippen molar-refractivity contribution in [1.29, 1.82) is 0 Å². The summed E-state index contributed by atoms with van der Waals surface area (Å²) in [6.07, 6.45) is 0.309. The number of benzene rings is 1. The summed E-state index contributed by atoms with van der Waals surface area (Å²) < 4.78 is 0. The molecule has 0 aromatic heterocycles. The van der Waals surface area contributed by atoms with Gasteiger partial charge in [-0.3, -0.25) is 9.59 Å². The minimum atomic E-state index is -0.879. The summed E-state index contributed by atoms with van der Waals surface area (Å²) in [6, 6.07) is 5.16. The molecule has 19 heavy (non-hydrogen) atoms. The van der Waals surface area contributed by atoms with E-state index in [0.717, 1.165) is 11.1 Å². The number of Topliss-reactive ketones (excluding diaryl/α,β-unsaturated/α-hetero) is 1. The van der Waals surface area contributed by atoms with Crippen LogP contribution in [0.5, 0.6) is 0 Å². The quantitative estimate of drug-likeness (QED) is 0.741. The van der Waals surface area contributed by atoms with E-state index in [1.807, 2.05) is 32.9 Å². The van der Waals surface area contributed by atoms with Crippen LogP contribution in [0.1, 0.15) is 41.3 Å². The van der Waals surface area contributed by atoms with E-state index < -0.39 is 12.0 Å². The molecule has 2 N–H and O–H groups in total. The standard InChI is InChI=1S/C15H21NO3/c1-4-16-13(7-8-14(17)18)15(19)12-6-5-10(2)11(3)9-12/h5-6,9,13,16H,4,7-8H2,1-3H3,(H,17,18). The largest absolute Gasteiger partial charge is 0.481 e. The van der Waals surface area contributed by atoms with Gasteiger partial charge in [-0.1, -0.05) is 19.1 Å². The van der Waals surface area contributed by atoms with Crippen molar-refractivity contribution in [3.05, 3.63) is 34.9 Å². The van der Waals surface area contributed by atoms with Crippen molar-refractivity contribution in [1.82, 2.24) is 5.32 Å². The molecule has 0 aliphatic heterocycles. The van der Waals surface area contributed by atoms with E-state index in [1.54, 1.807) is 6.07 Å². The van der Waals surface area contributed by atoms with Gasteiger partial charge in [0.05, 0.1) is 6.04 Å². The lowest BCUT2D eigenvalue weighted by Gasteiger charge is -2.16. The van der Waals surface area contributed by atoms with E-state index in [2.05, 4.69) is 5.32 Å². The summed E-state index contributed by atoms with van der Waals surface area (Å²) in [5.74, 6) is -0.915. The molecule has 1 atom stereocenters. The second-order valence-corrected chi connectivity index (χ2v) is 4.71. The van der Waals surface area contributed by atoms with Crippen molar-refractivity contribution in [2.24, 2.45) is 0 Å². The van der Waals surface area contributed by atoms with Crippen LogP contribution in [0, 0.1) is 13.8 Å². The Hall–Kier alpha value is -1.68. The Labute approximate surface area is 113 Å². The molecule has 1 aromatic carbocycles. The van der Waals surface area contributed by atoms with Gasteiger partial charge in [0, 0.05) is 12.0 Å². The Balaban J connectivity index is 2.85. The fraction of sp³-hybridized carbons (Fsp3) is 0.467. The molecule has 0 heterocycles. The summed E-state index contributed by atoms with van der Waals surface area (Å²) in [4.78, 5) is 23.0. The topological polar surface area (TPSA) is 66.4 Å². The van der Waals surface area contributed by atoms with Crippen molar-refractivity contribution in [2.45, 2.75) is 39.7 Å². The van der Waals surface area contributed by atoms with E-state index in [9.17, 15) is 9.59 Å². The van der Waals surface area contributed by atoms with Gasteiger partial charge in [0.25, 0.3) is 0 Å². The average Bonchev–Trinajstić information content (AvgIpc) is 2.36. The normalized spacial score (nSPS) is 12.2. The third kappa shape index (κ3) is 4.48. The highest BCUT2D eigenvalue weighted by Crippen LogP contribution is 2.13. The molecule has 0 radical (unpaired) electrons. The van der Waals surface area contributed by atoms with Gasteiger partial charge in [-0.25, -0.2) is 0 Å². The van der Waals surface area contributed by atoms with Crippen molar-refractivity contribution in [2.75, 3.05) is 6.54 Å². The molecule has 104 valence electrons. The summed E-state index contributed by atoms with van der Waals surface area (Å²) in [6.45, 7) is 6.50. The Morgan fingerprint density at radius 1 is 1.26 bits per heavy atom. The van der Waals surface area contributed by atoms with Gasteiger partial charge in [-0.05, 0) is 44.0 Å². The van der Waals surface area contributed by atoms with Crippen LogP contribution in [0.15, 0.2) is 18.2 Å². The minimum absolute atomic E-state index is 0.00570. The SMILES string of the molecule is CCNC(CCC(=O)O)C(=O)c1ccc(C)c(C)c1. The Kier molecular flexibility index (Phi) is 5.70. The van der Waals surface area contributed by atoms with E-state index in [0.29, 0.717) is 18.5 Å². The molecular formula is C15H21NO3. The van der Waals surface area contributed by atoms with Crippen LogP contribution in [0.3, 0.4) is 0 Å². The zero-order chi connectivity index (χ0) is 14.4. The summed E-state index contributed by atoms with van der Waals surface area (Å²) in [5, 5.41) is 11.8. The third-order valence-corrected chi connectivity index (χ3v) is 3.21. The van der Waals surface area contributed by atoms with E-state index >= 15 is 0 Å². The zero-order valence-corrected chi connectivity index (χ0v) is 11.7. The first-order valence-corrected chi connectivity index (χ1v) is 6.52. The predicted octanol–water partition coefficient (Wildman–Crippen LogP) is 2.33. The van der Waals surface area contributed by atoms with Crippen LogP contribution in [0.2, 0.25) is 0 Å². The lowest BCUT2D eigenvalue weighted by atomic mass is 9.97. The molecule has 0 spiro atoms. The maximum Gasteiger partial charge on any atom is 0.303 e. The number of aryl methyl sites for hydroxylation is 2. The molecule has 1 aromatic rings. The van der Waals surface area contributed by atoms with Crippen LogP contribution in [-0.2, 0) is 4.79 Å². The highest BCUT2D eigenvalue weighted by molar-refractivity contribution is 6.00. The number of carboxylic acids is 1. The number of rotatable bonds is 7. The smallest absolute Gasteiger partial charge is 0.303 e. The lowest BCUT2D eigenvalue weighted by molar-refractivity contribution is -0.137. The van der Waals surface area contributed by atoms with Crippen molar-refractivity contribution in [3.8, 4) is 0 Å². The van der Waals surface area contributed by atoms with Crippen LogP contribution < -0.4 is 5.32 Å². The fourth-order valence-corrected chi connectivity index (χ4v) is 1.94. The lowest BCUT2D eigenvalue weighted by Crippen LogP contribution is -2.37. The van der Waals surface area contributed by atoms with Crippen molar-refractivity contribution < 1.29 is 14.7 Å². The van der Waals surface area contributed by atoms with Gasteiger partial charge in [-0.15, -0.1) is 0 Å². The number of hydrogen-bond donors (Lipinski definition) is 2. The average molecular weight is 263 g/mol. The molecule has 4 heteroatoms. The highest BCUT2D eigenvalue weighted by Gasteiger charge is 2.20. The van der Waals surface area contributed by atoms with Gasteiger partial charge >= 0.3 is 5.97 Å². The number of carbonyl (C=O) groups is 2. The summed E-state index contributed by atoms with van der Waals surface area (Å²) >= 11 is 0.